The Balaban J connectivity index is 2.01. The number of ether oxygens (including phenoxy) is 1. The molecule has 1 saturated heterocycles. The van der Waals surface area contributed by atoms with Crippen molar-refractivity contribution in [3.63, 3.8) is 0 Å². The quantitative estimate of drug-likeness (QED) is 0.821. The lowest BCUT2D eigenvalue weighted by Crippen LogP contribution is -2.37. The molecule has 1 fully saturated rings. The Morgan fingerprint density at radius 2 is 2.42 bits per heavy atom. The molecule has 2 N–H and O–H groups in total. The van der Waals surface area contributed by atoms with Crippen molar-refractivity contribution in [2.75, 3.05) is 39.2 Å². The zero-order valence-electron chi connectivity index (χ0n) is 11.2. The zero-order valence-corrected chi connectivity index (χ0v) is 11.2. The van der Waals surface area contributed by atoms with Gasteiger partial charge in [0.1, 0.15) is 11.3 Å². The summed E-state index contributed by atoms with van der Waals surface area (Å²) in [5.74, 6) is -0.147. The smallest absolute Gasteiger partial charge is 0.272 e. The van der Waals surface area contributed by atoms with Crippen molar-refractivity contribution in [2.24, 2.45) is 0 Å². The molecule has 0 aromatic carbocycles. The monoisotopic (exact) mass is 265 g/mol. The Kier molecular flexibility index (Phi) is 4.01. The van der Waals surface area contributed by atoms with Crippen LogP contribution in [0, 0.1) is 0 Å². The van der Waals surface area contributed by atoms with E-state index in [2.05, 4.69) is 10.3 Å². The van der Waals surface area contributed by atoms with Crippen LogP contribution in [0.15, 0.2) is 18.3 Å². The second kappa shape index (κ2) is 5.54. The van der Waals surface area contributed by atoms with Gasteiger partial charge in [-0.15, -0.1) is 0 Å². The second-order valence-corrected chi connectivity index (χ2v) is 5.01. The number of nitrogens with one attached hydrogen (secondary N) is 1. The van der Waals surface area contributed by atoms with Crippen LogP contribution in [0.3, 0.4) is 0 Å². The number of aromatic nitrogens is 1. The Morgan fingerprint density at radius 1 is 1.63 bits per heavy atom. The molecule has 0 aliphatic carbocycles. The molecular formula is C13H19N3O3. The normalized spacial score (nSPS) is 22.3. The predicted molar refractivity (Wildman–Crippen MR) is 71.1 cm³/mol. The minimum atomic E-state index is -0.824. The predicted octanol–water partition coefficient (Wildman–Crippen LogP) is 0.347. The van der Waals surface area contributed by atoms with Gasteiger partial charge in [0.05, 0.1) is 6.61 Å². The largest absolute Gasteiger partial charge is 0.386 e. The summed E-state index contributed by atoms with van der Waals surface area (Å²) < 4.78 is 5.18. The third-order valence-electron chi connectivity index (χ3n) is 3.09. The van der Waals surface area contributed by atoms with Gasteiger partial charge in [-0.3, -0.25) is 9.78 Å². The molecule has 2 heterocycles. The molecular weight excluding hydrogens is 246 g/mol. The third kappa shape index (κ3) is 3.42. The highest BCUT2D eigenvalue weighted by Crippen LogP contribution is 2.19. The highest BCUT2D eigenvalue weighted by molar-refractivity contribution is 5.92. The number of carbonyl (C=O) groups is 1. The number of amides is 1. The van der Waals surface area contributed by atoms with E-state index in [-0.39, 0.29) is 5.91 Å². The third-order valence-corrected chi connectivity index (χ3v) is 3.09. The van der Waals surface area contributed by atoms with E-state index >= 15 is 0 Å². The highest BCUT2D eigenvalue weighted by atomic mass is 16.5. The summed E-state index contributed by atoms with van der Waals surface area (Å²) in [6.45, 7) is 1.32. The number of nitrogens with zero attached hydrogens (tertiary/aromatic N) is 2. The van der Waals surface area contributed by atoms with Crippen LogP contribution in [-0.4, -0.2) is 60.4 Å². The molecule has 1 unspecified atom stereocenters. The average Bonchev–Trinajstić information content (AvgIpc) is 2.83. The molecule has 0 saturated carbocycles. The minimum absolute atomic E-state index is 0.147. The van der Waals surface area contributed by atoms with Crippen LogP contribution < -0.4 is 5.32 Å². The maximum atomic E-state index is 11.8. The van der Waals surface area contributed by atoms with Gasteiger partial charge >= 0.3 is 0 Å². The first-order valence-corrected chi connectivity index (χ1v) is 6.22. The second-order valence-electron chi connectivity index (χ2n) is 5.01. The van der Waals surface area contributed by atoms with Gasteiger partial charge in [0.15, 0.2) is 0 Å². The molecule has 104 valence electrons. The van der Waals surface area contributed by atoms with Crippen LogP contribution in [-0.2, 0) is 4.74 Å². The van der Waals surface area contributed by atoms with Crippen molar-refractivity contribution in [1.29, 1.82) is 0 Å². The van der Waals surface area contributed by atoms with E-state index in [1.165, 1.54) is 4.90 Å². The summed E-state index contributed by atoms with van der Waals surface area (Å²) >= 11 is 0. The van der Waals surface area contributed by atoms with Crippen LogP contribution in [0.1, 0.15) is 16.9 Å². The Hall–Kier alpha value is -1.66. The summed E-state index contributed by atoms with van der Waals surface area (Å²) in [5, 5.41) is 13.3. The topological polar surface area (TPSA) is 74.7 Å². The standard InChI is InChI=1S/C13H19N3O3/c1-16(2)12(17)11-7-10(3-5-14-11)15-8-13(18)4-6-19-9-13/h3,5,7,18H,4,6,8-9H2,1-2H3,(H,14,15). The van der Waals surface area contributed by atoms with Crippen LogP contribution in [0.2, 0.25) is 0 Å². The van der Waals surface area contributed by atoms with Crippen molar-refractivity contribution < 1.29 is 14.6 Å². The number of aliphatic hydroxyl groups is 1. The fourth-order valence-electron chi connectivity index (χ4n) is 1.89. The number of hydrogen-bond acceptors (Lipinski definition) is 5. The Bertz CT molecular complexity index is 456. The molecule has 2 rings (SSSR count). The van der Waals surface area contributed by atoms with E-state index < -0.39 is 5.60 Å². The van der Waals surface area contributed by atoms with Crippen molar-refractivity contribution >= 4 is 11.6 Å². The first-order valence-electron chi connectivity index (χ1n) is 6.22. The van der Waals surface area contributed by atoms with E-state index in [0.717, 1.165) is 5.69 Å². The van der Waals surface area contributed by atoms with E-state index in [1.54, 1.807) is 32.4 Å². The molecule has 1 aromatic rings. The van der Waals surface area contributed by atoms with Gasteiger partial charge in [-0.1, -0.05) is 0 Å². The maximum Gasteiger partial charge on any atom is 0.272 e. The zero-order chi connectivity index (χ0) is 13.9. The van der Waals surface area contributed by atoms with Gasteiger partial charge < -0.3 is 20.1 Å². The van der Waals surface area contributed by atoms with E-state index in [1.807, 2.05) is 0 Å². The SMILES string of the molecule is CN(C)C(=O)c1cc(NCC2(O)CCOC2)ccn1. The molecule has 1 aliphatic rings. The fourth-order valence-corrected chi connectivity index (χ4v) is 1.89. The molecule has 0 radical (unpaired) electrons. The lowest BCUT2D eigenvalue weighted by molar-refractivity contribution is 0.0382. The van der Waals surface area contributed by atoms with Crippen LogP contribution in [0.25, 0.3) is 0 Å². The summed E-state index contributed by atoms with van der Waals surface area (Å²) in [7, 11) is 3.37. The molecule has 1 atom stereocenters. The minimum Gasteiger partial charge on any atom is -0.386 e. The van der Waals surface area contributed by atoms with Gasteiger partial charge in [-0.05, 0) is 12.1 Å². The number of pyridine rings is 1. The first-order chi connectivity index (χ1) is 9.00. The number of hydrogen-bond donors (Lipinski definition) is 2. The molecule has 1 aliphatic heterocycles. The highest BCUT2D eigenvalue weighted by Gasteiger charge is 2.31. The molecule has 0 spiro atoms. The Morgan fingerprint density at radius 3 is 3.05 bits per heavy atom. The number of anilines is 1. The molecule has 19 heavy (non-hydrogen) atoms. The molecule has 6 heteroatoms. The maximum absolute atomic E-state index is 11.8. The fraction of sp³-hybridized carbons (Fsp3) is 0.538. The summed E-state index contributed by atoms with van der Waals surface area (Å²) in [6.07, 6.45) is 2.20. The Labute approximate surface area is 112 Å². The summed E-state index contributed by atoms with van der Waals surface area (Å²) in [4.78, 5) is 17.3. The summed E-state index contributed by atoms with van der Waals surface area (Å²) in [5.41, 5.74) is 0.319. The van der Waals surface area contributed by atoms with Crippen LogP contribution in [0.5, 0.6) is 0 Å². The van der Waals surface area contributed by atoms with Crippen LogP contribution in [0.4, 0.5) is 5.69 Å². The van der Waals surface area contributed by atoms with Gasteiger partial charge in [-0.25, -0.2) is 0 Å². The number of carbonyl (C=O) groups excluding carboxylic acids is 1. The van der Waals surface area contributed by atoms with E-state index in [0.29, 0.717) is 31.9 Å². The molecule has 1 aromatic heterocycles. The van der Waals surface area contributed by atoms with E-state index in [4.69, 9.17) is 4.74 Å². The van der Waals surface area contributed by atoms with Crippen molar-refractivity contribution in [3.05, 3.63) is 24.0 Å². The van der Waals surface area contributed by atoms with E-state index in [9.17, 15) is 9.90 Å². The van der Waals surface area contributed by atoms with Crippen molar-refractivity contribution in [2.45, 2.75) is 12.0 Å². The summed E-state index contributed by atoms with van der Waals surface area (Å²) in [6, 6.07) is 3.45. The number of rotatable bonds is 4. The average molecular weight is 265 g/mol. The molecule has 1 amide bonds. The van der Waals surface area contributed by atoms with Crippen molar-refractivity contribution in [3.8, 4) is 0 Å². The van der Waals surface area contributed by atoms with Gasteiger partial charge in [0, 0.05) is 45.6 Å². The van der Waals surface area contributed by atoms with Gasteiger partial charge in [0.25, 0.3) is 5.91 Å². The molecule has 0 bridgehead atoms. The first kappa shape index (κ1) is 13.8. The molecule has 6 nitrogen and oxygen atoms in total. The van der Waals surface area contributed by atoms with Gasteiger partial charge in [-0.2, -0.15) is 0 Å². The van der Waals surface area contributed by atoms with Crippen molar-refractivity contribution in [1.82, 2.24) is 9.88 Å². The lowest BCUT2D eigenvalue weighted by atomic mass is 10.0. The lowest BCUT2D eigenvalue weighted by Gasteiger charge is -2.21. The van der Waals surface area contributed by atoms with Gasteiger partial charge in [0.2, 0.25) is 0 Å². The van der Waals surface area contributed by atoms with Crippen LogP contribution >= 0.6 is 0 Å².